The van der Waals surface area contributed by atoms with Crippen molar-refractivity contribution in [2.45, 2.75) is 25.6 Å². The maximum atomic E-state index is 13.8. The fourth-order valence-electron chi connectivity index (χ4n) is 2.61. The van der Waals surface area contributed by atoms with Crippen LogP contribution < -0.4 is 15.5 Å². The fraction of sp³-hybridized carbons (Fsp3) is 0.312. The minimum absolute atomic E-state index is 0.130. The molecule has 1 aromatic carbocycles. The van der Waals surface area contributed by atoms with Gasteiger partial charge in [-0.25, -0.2) is 4.98 Å². The third kappa shape index (κ3) is 4.54. The van der Waals surface area contributed by atoms with E-state index in [1.807, 2.05) is 0 Å². The summed E-state index contributed by atoms with van der Waals surface area (Å²) in [6.07, 6.45) is -6.43. The van der Waals surface area contributed by atoms with E-state index in [9.17, 15) is 13.2 Å². The van der Waals surface area contributed by atoms with Crippen LogP contribution in [-0.2, 0) is 0 Å². The van der Waals surface area contributed by atoms with Gasteiger partial charge in [0.15, 0.2) is 0 Å². The molecule has 0 aliphatic carbocycles. The molecule has 0 amide bonds. The lowest BCUT2D eigenvalue weighted by Gasteiger charge is -2.26. The van der Waals surface area contributed by atoms with Gasteiger partial charge in [-0.15, -0.1) is 0 Å². The molecule has 1 aliphatic heterocycles. The van der Waals surface area contributed by atoms with Crippen molar-refractivity contribution in [2.75, 3.05) is 17.3 Å². The van der Waals surface area contributed by atoms with E-state index in [1.54, 1.807) is 6.92 Å². The first kappa shape index (κ1) is 19.5. The van der Waals surface area contributed by atoms with Crippen molar-refractivity contribution in [3.05, 3.63) is 40.0 Å². The van der Waals surface area contributed by atoms with Crippen LogP contribution in [0.1, 0.15) is 25.0 Å². The first-order valence-electron chi connectivity index (χ1n) is 7.78. The second-order valence-electron chi connectivity index (χ2n) is 5.84. The number of benzene rings is 1. The molecule has 0 fully saturated rings. The van der Waals surface area contributed by atoms with Crippen molar-refractivity contribution >= 4 is 40.5 Å². The lowest BCUT2D eigenvalue weighted by molar-refractivity contribution is -0.198. The van der Waals surface area contributed by atoms with Crippen LogP contribution in [0.25, 0.3) is 0 Å². The Hall–Kier alpha value is -2.26. The molecule has 144 valence electrons. The number of hydrazone groups is 1. The van der Waals surface area contributed by atoms with Gasteiger partial charge in [-0.05, 0) is 19.1 Å². The average Bonchev–Trinajstić information content (AvgIpc) is 2.97. The molecule has 0 saturated heterocycles. The van der Waals surface area contributed by atoms with Crippen LogP contribution in [0.3, 0.4) is 0 Å². The molecule has 0 radical (unpaired) electrons. The number of hydrogen-bond acceptors (Lipinski definition) is 6. The van der Waals surface area contributed by atoms with E-state index in [0.717, 1.165) is 11.8 Å². The van der Waals surface area contributed by atoms with Gasteiger partial charge in [0.05, 0.1) is 5.69 Å². The highest BCUT2D eigenvalue weighted by Crippen LogP contribution is 2.42. The second-order valence-corrected chi connectivity index (χ2v) is 6.66. The predicted octanol–water partition coefficient (Wildman–Crippen LogP) is 4.63. The van der Waals surface area contributed by atoms with Gasteiger partial charge in [0.25, 0.3) is 0 Å². The summed E-state index contributed by atoms with van der Waals surface area (Å²) in [5, 5.41) is 5.89. The number of nitrogen functional groups attached to an aromatic ring is 1. The van der Waals surface area contributed by atoms with Gasteiger partial charge < -0.3 is 10.5 Å². The van der Waals surface area contributed by atoms with Gasteiger partial charge in [0.1, 0.15) is 5.15 Å². The highest BCUT2D eigenvalue weighted by Gasteiger charge is 2.45. The Morgan fingerprint density at radius 1 is 1.22 bits per heavy atom. The number of nitrogens with two attached hydrogens (primary N) is 1. The van der Waals surface area contributed by atoms with Gasteiger partial charge in [-0.3, -0.25) is 5.01 Å². The van der Waals surface area contributed by atoms with Gasteiger partial charge in [-0.2, -0.15) is 23.3 Å². The van der Waals surface area contributed by atoms with Gasteiger partial charge in [0, 0.05) is 35.3 Å². The topological polar surface area (TPSA) is 76.6 Å². The maximum Gasteiger partial charge on any atom is 0.429 e. The van der Waals surface area contributed by atoms with Crippen LogP contribution in [0.2, 0.25) is 10.2 Å². The summed E-state index contributed by atoms with van der Waals surface area (Å²) in [7, 11) is 0. The largest absolute Gasteiger partial charge is 0.459 e. The van der Waals surface area contributed by atoms with E-state index in [0.29, 0.717) is 13.0 Å². The standard InChI is InChI=1S/C16H14Cl2F3N5O/c1-8-4-5-26(25-8)11-6-9(17)2-3-10(11)14(16(19,20)21)27-13-7-12(18)23-15(22)24-13/h2-3,6-7,14H,4-5H2,1H3,(H2,22,23,24)/t14-/m1/s1. The first-order valence-corrected chi connectivity index (χ1v) is 8.53. The van der Waals surface area contributed by atoms with Crippen molar-refractivity contribution in [1.82, 2.24) is 9.97 Å². The summed E-state index contributed by atoms with van der Waals surface area (Å²) in [5.74, 6) is -0.689. The van der Waals surface area contributed by atoms with Crippen LogP contribution in [-0.4, -0.2) is 28.4 Å². The molecule has 0 bridgehead atoms. The zero-order valence-electron chi connectivity index (χ0n) is 14.0. The molecule has 2 heterocycles. The summed E-state index contributed by atoms with van der Waals surface area (Å²) < 4.78 is 46.6. The third-order valence-electron chi connectivity index (χ3n) is 3.75. The van der Waals surface area contributed by atoms with Crippen molar-refractivity contribution in [3.63, 3.8) is 0 Å². The molecule has 27 heavy (non-hydrogen) atoms. The molecule has 1 aliphatic rings. The quantitative estimate of drug-likeness (QED) is 0.730. The molecule has 0 unspecified atom stereocenters. The molecule has 0 spiro atoms. The Balaban J connectivity index is 2.06. The first-order chi connectivity index (χ1) is 12.6. The minimum atomic E-state index is -4.74. The molecule has 3 rings (SSSR count). The molecule has 1 aromatic heterocycles. The Morgan fingerprint density at radius 3 is 2.56 bits per heavy atom. The Kier molecular flexibility index (Phi) is 5.34. The Labute approximate surface area is 162 Å². The van der Waals surface area contributed by atoms with E-state index in [-0.39, 0.29) is 27.4 Å². The zero-order valence-corrected chi connectivity index (χ0v) is 15.5. The summed E-state index contributed by atoms with van der Waals surface area (Å²) in [4.78, 5) is 7.27. The van der Waals surface area contributed by atoms with Crippen LogP contribution in [0.15, 0.2) is 29.4 Å². The van der Waals surface area contributed by atoms with Gasteiger partial charge in [0.2, 0.25) is 17.9 Å². The van der Waals surface area contributed by atoms with Crippen LogP contribution in [0.5, 0.6) is 5.88 Å². The average molecular weight is 420 g/mol. The van der Waals surface area contributed by atoms with Crippen LogP contribution >= 0.6 is 23.2 Å². The number of hydrogen-bond donors (Lipinski definition) is 1. The van der Waals surface area contributed by atoms with E-state index in [2.05, 4.69) is 15.1 Å². The molecule has 0 saturated carbocycles. The van der Waals surface area contributed by atoms with E-state index in [1.165, 1.54) is 23.2 Å². The highest BCUT2D eigenvalue weighted by atomic mass is 35.5. The number of anilines is 2. The SMILES string of the molecule is CC1=NN(c2cc(Cl)ccc2[C@@H](Oc2cc(Cl)nc(N)n2)C(F)(F)F)CC1. The number of aromatic nitrogens is 2. The summed E-state index contributed by atoms with van der Waals surface area (Å²) in [5.41, 5.74) is 6.29. The summed E-state index contributed by atoms with van der Waals surface area (Å²) in [6, 6.07) is 5.09. The lowest BCUT2D eigenvalue weighted by atomic mass is 10.1. The highest BCUT2D eigenvalue weighted by molar-refractivity contribution is 6.31. The van der Waals surface area contributed by atoms with E-state index < -0.39 is 18.2 Å². The fourth-order valence-corrected chi connectivity index (χ4v) is 2.96. The molecular formula is C16H14Cl2F3N5O. The van der Waals surface area contributed by atoms with Crippen molar-refractivity contribution in [1.29, 1.82) is 0 Å². The Morgan fingerprint density at radius 2 is 1.96 bits per heavy atom. The molecule has 2 N–H and O–H groups in total. The molecule has 2 aromatic rings. The zero-order chi connectivity index (χ0) is 19.8. The number of rotatable bonds is 4. The van der Waals surface area contributed by atoms with Crippen LogP contribution in [0.4, 0.5) is 24.8 Å². The maximum absolute atomic E-state index is 13.8. The number of ether oxygens (including phenoxy) is 1. The molecular weight excluding hydrogens is 406 g/mol. The van der Waals surface area contributed by atoms with Crippen LogP contribution in [0, 0.1) is 0 Å². The van der Waals surface area contributed by atoms with E-state index >= 15 is 0 Å². The lowest BCUT2D eigenvalue weighted by Crippen LogP contribution is -2.28. The van der Waals surface area contributed by atoms with Crippen molar-refractivity contribution in [2.24, 2.45) is 5.10 Å². The van der Waals surface area contributed by atoms with Gasteiger partial charge >= 0.3 is 6.18 Å². The summed E-state index contributed by atoms with van der Waals surface area (Å²) in [6.45, 7) is 2.24. The van der Waals surface area contributed by atoms with Gasteiger partial charge in [-0.1, -0.05) is 29.3 Å². The minimum Gasteiger partial charge on any atom is -0.459 e. The summed E-state index contributed by atoms with van der Waals surface area (Å²) >= 11 is 11.7. The number of halogens is 5. The third-order valence-corrected chi connectivity index (χ3v) is 4.18. The van der Waals surface area contributed by atoms with E-state index in [4.69, 9.17) is 33.7 Å². The predicted molar refractivity (Wildman–Crippen MR) is 97.4 cm³/mol. The second kappa shape index (κ2) is 7.40. The van der Waals surface area contributed by atoms with Crippen molar-refractivity contribution < 1.29 is 17.9 Å². The molecule has 1 atom stereocenters. The number of alkyl halides is 3. The van der Waals surface area contributed by atoms with Crippen molar-refractivity contribution in [3.8, 4) is 5.88 Å². The number of nitrogens with zero attached hydrogens (tertiary/aromatic N) is 4. The Bertz CT molecular complexity index is 871. The normalized spacial score (nSPS) is 15.6. The monoisotopic (exact) mass is 419 g/mol. The smallest absolute Gasteiger partial charge is 0.429 e. The molecule has 11 heteroatoms. The molecule has 6 nitrogen and oxygen atoms in total.